The SMILES string of the molecule is C[C@@H](C(=O)Nc1ccc(F)cc1)n1cnc2c(sc3ncccc32)c1=O. The van der Waals surface area contributed by atoms with Crippen molar-refractivity contribution in [2.45, 2.75) is 13.0 Å². The van der Waals surface area contributed by atoms with Gasteiger partial charge >= 0.3 is 0 Å². The first-order valence-electron chi connectivity index (χ1n) is 7.85. The molecule has 0 aliphatic heterocycles. The van der Waals surface area contributed by atoms with Gasteiger partial charge in [-0.25, -0.2) is 14.4 Å². The van der Waals surface area contributed by atoms with Crippen LogP contribution in [0, 0.1) is 5.82 Å². The fraction of sp³-hybridized carbons (Fsp3) is 0.111. The maximum Gasteiger partial charge on any atom is 0.272 e. The number of hydrogen-bond donors (Lipinski definition) is 1. The van der Waals surface area contributed by atoms with Crippen molar-refractivity contribution < 1.29 is 9.18 Å². The van der Waals surface area contributed by atoms with Gasteiger partial charge in [0.15, 0.2) is 0 Å². The second kappa shape index (κ2) is 6.30. The van der Waals surface area contributed by atoms with Crippen LogP contribution < -0.4 is 10.9 Å². The summed E-state index contributed by atoms with van der Waals surface area (Å²) in [5.74, 6) is -0.778. The van der Waals surface area contributed by atoms with Gasteiger partial charge in [0.05, 0.1) is 11.8 Å². The number of halogens is 1. The highest BCUT2D eigenvalue weighted by Crippen LogP contribution is 2.28. The standard InChI is InChI=1S/C18H13FN4O2S/c1-10(16(24)22-12-6-4-11(19)5-7-12)23-9-21-14-13-3-2-8-20-17(13)26-15(14)18(23)25/h2-10H,1H3,(H,22,24)/t10-/m0/s1. The van der Waals surface area contributed by atoms with Crippen molar-refractivity contribution >= 4 is 43.4 Å². The van der Waals surface area contributed by atoms with Crippen molar-refractivity contribution in [1.29, 1.82) is 0 Å². The quantitative estimate of drug-likeness (QED) is 0.602. The zero-order valence-corrected chi connectivity index (χ0v) is 14.5. The number of nitrogens with one attached hydrogen (secondary N) is 1. The van der Waals surface area contributed by atoms with Crippen LogP contribution in [0.5, 0.6) is 0 Å². The van der Waals surface area contributed by atoms with Crippen LogP contribution in [0.25, 0.3) is 20.4 Å². The van der Waals surface area contributed by atoms with E-state index in [0.29, 0.717) is 15.9 Å². The van der Waals surface area contributed by atoms with Gasteiger partial charge in [0.1, 0.15) is 21.4 Å². The molecule has 0 bridgehead atoms. The summed E-state index contributed by atoms with van der Waals surface area (Å²) in [6.45, 7) is 1.61. The molecule has 0 spiro atoms. The van der Waals surface area contributed by atoms with Gasteiger partial charge in [0, 0.05) is 17.3 Å². The Bertz CT molecular complexity index is 1180. The lowest BCUT2D eigenvalue weighted by atomic mass is 10.2. The molecule has 1 amide bonds. The number of carbonyl (C=O) groups excluding carboxylic acids is 1. The van der Waals surface area contributed by atoms with Crippen molar-refractivity contribution in [3.05, 3.63) is 65.1 Å². The molecule has 26 heavy (non-hydrogen) atoms. The Labute approximate surface area is 150 Å². The van der Waals surface area contributed by atoms with E-state index < -0.39 is 6.04 Å². The third-order valence-corrected chi connectivity index (χ3v) is 5.18. The fourth-order valence-electron chi connectivity index (χ4n) is 2.66. The first kappa shape index (κ1) is 16.3. The zero-order chi connectivity index (χ0) is 18.3. The lowest BCUT2D eigenvalue weighted by molar-refractivity contribution is -0.118. The normalized spacial score (nSPS) is 12.4. The number of nitrogens with zero attached hydrogens (tertiary/aromatic N) is 3. The van der Waals surface area contributed by atoms with E-state index in [1.54, 1.807) is 19.2 Å². The maximum atomic E-state index is 13.0. The molecule has 1 N–H and O–H groups in total. The molecule has 1 aromatic carbocycles. The van der Waals surface area contributed by atoms with E-state index in [1.165, 1.54) is 46.5 Å². The third kappa shape index (κ3) is 2.74. The van der Waals surface area contributed by atoms with Crippen LogP contribution in [-0.4, -0.2) is 20.4 Å². The van der Waals surface area contributed by atoms with Crippen molar-refractivity contribution in [3.63, 3.8) is 0 Å². The summed E-state index contributed by atoms with van der Waals surface area (Å²) >= 11 is 1.26. The highest BCUT2D eigenvalue weighted by atomic mass is 32.1. The smallest absolute Gasteiger partial charge is 0.272 e. The molecule has 3 heterocycles. The number of aromatic nitrogens is 3. The third-order valence-electron chi connectivity index (χ3n) is 4.09. The van der Waals surface area contributed by atoms with Crippen molar-refractivity contribution in [1.82, 2.24) is 14.5 Å². The molecule has 8 heteroatoms. The van der Waals surface area contributed by atoms with Crippen LogP contribution in [0.1, 0.15) is 13.0 Å². The summed E-state index contributed by atoms with van der Waals surface area (Å²) in [5, 5.41) is 3.49. The van der Waals surface area contributed by atoms with Gasteiger partial charge in [0.2, 0.25) is 5.91 Å². The predicted molar refractivity (Wildman–Crippen MR) is 98.9 cm³/mol. The van der Waals surface area contributed by atoms with E-state index in [9.17, 15) is 14.0 Å². The Morgan fingerprint density at radius 3 is 2.77 bits per heavy atom. The summed E-state index contributed by atoms with van der Waals surface area (Å²) in [6, 6.07) is 8.31. The summed E-state index contributed by atoms with van der Waals surface area (Å²) in [7, 11) is 0. The molecule has 130 valence electrons. The van der Waals surface area contributed by atoms with Gasteiger partial charge < -0.3 is 5.32 Å². The number of benzene rings is 1. The van der Waals surface area contributed by atoms with Crippen LogP contribution in [0.2, 0.25) is 0 Å². The van der Waals surface area contributed by atoms with Gasteiger partial charge in [0.25, 0.3) is 5.56 Å². The van der Waals surface area contributed by atoms with E-state index in [4.69, 9.17) is 0 Å². The van der Waals surface area contributed by atoms with Crippen molar-refractivity contribution in [2.24, 2.45) is 0 Å². The zero-order valence-electron chi connectivity index (χ0n) is 13.6. The first-order chi connectivity index (χ1) is 12.5. The van der Waals surface area contributed by atoms with E-state index in [1.807, 2.05) is 6.07 Å². The molecule has 0 aliphatic rings. The molecule has 0 fully saturated rings. The molecule has 0 saturated carbocycles. The molecule has 1 atom stereocenters. The van der Waals surface area contributed by atoms with Gasteiger partial charge in [-0.3, -0.25) is 14.2 Å². The second-order valence-electron chi connectivity index (χ2n) is 5.77. The molecule has 0 radical (unpaired) electrons. The molecule has 0 saturated heterocycles. The van der Waals surface area contributed by atoms with E-state index in [-0.39, 0.29) is 17.3 Å². The predicted octanol–water partition coefficient (Wildman–Crippen LogP) is 3.35. The first-order valence-corrected chi connectivity index (χ1v) is 8.67. The van der Waals surface area contributed by atoms with Gasteiger partial charge in [-0.05, 0) is 43.3 Å². The lowest BCUT2D eigenvalue weighted by Gasteiger charge is -2.14. The Balaban J connectivity index is 1.70. The van der Waals surface area contributed by atoms with E-state index >= 15 is 0 Å². The highest BCUT2D eigenvalue weighted by molar-refractivity contribution is 7.25. The summed E-state index contributed by atoms with van der Waals surface area (Å²) < 4.78 is 14.7. The number of carbonyl (C=O) groups is 1. The maximum absolute atomic E-state index is 13.0. The van der Waals surface area contributed by atoms with E-state index in [0.717, 1.165) is 10.2 Å². The minimum atomic E-state index is -0.775. The largest absolute Gasteiger partial charge is 0.324 e. The summed E-state index contributed by atoms with van der Waals surface area (Å²) in [5.41, 5.74) is 0.752. The number of thiophene rings is 1. The molecular formula is C18H13FN4O2S. The Kier molecular flexibility index (Phi) is 3.96. The Hall–Kier alpha value is -3.13. The number of amides is 1. The Morgan fingerprint density at radius 1 is 1.23 bits per heavy atom. The second-order valence-corrected chi connectivity index (χ2v) is 6.76. The number of pyridine rings is 1. The van der Waals surface area contributed by atoms with Crippen LogP contribution in [0.15, 0.2) is 53.7 Å². The minimum absolute atomic E-state index is 0.292. The van der Waals surface area contributed by atoms with Crippen LogP contribution in [-0.2, 0) is 4.79 Å². The summed E-state index contributed by atoms with van der Waals surface area (Å²) in [4.78, 5) is 34.6. The van der Waals surface area contributed by atoms with E-state index in [2.05, 4.69) is 15.3 Å². The molecule has 0 unspecified atom stereocenters. The number of fused-ring (bicyclic) bond motifs is 3. The monoisotopic (exact) mass is 368 g/mol. The molecule has 4 aromatic rings. The summed E-state index contributed by atoms with van der Waals surface area (Å²) in [6.07, 6.45) is 3.04. The Morgan fingerprint density at radius 2 is 2.00 bits per heavy atom. The number of hydrogen-bond acceptors (Lipinski definition) is 5. The molecule has 4 rings (SSSR count). The average Bonchev–Trinajstić information content (AvgIpc) is 3.03. The van der Waals surface area contributed by atoms with Crippen LogP contribution >= 0.6 is 11.3 Å². The fourth-order valence-corrected chi connectivity index (χ4v) is 3.70. The van der Waals surface area contributed by atoms with Crippen LogP contribution in [0.4, 0.5) is 10.1 Å². The molecule has 6 nitrogen and oxygen atoms in total. The topological polar surface area (TPSA) is 76.9 Å². The van der Waals surface area contributed by atoms with Gasteiger partial charge in [-0.2, -0.15) is 0 Å². The molecule has 0 aliphatic carbocycles. The number of anilines is 1. The van der Waals surface area contributed by atoms with Crippen LogP contribution in [0.3, 0.4) is 0 Å². The lowest BCUT2D eigenvalue weighted by Crippen LogP contribution is -2.31. The average molecular weight is 368 g/mol. The highest BCUT2D eigenvalue weighted by Gasteiger charge is 2.20. The molecule has 3 aromatic heterocycles. The van der Waals surface area contributed by atoms with Crippen molar-refractivity contribution in [2.75, 3.05) is 5.32 Å². The molecular weight excluding hydrogens is 355 g/mol. The van der Waals surface area contributed by atoms with Gasteiger partial charge in [-0.15, -0.1) is 11.3 Å². The number of rotatable bonds is 3. The van der Waals surface area contributed by atoms with Crippen molar-refractivity contribution in [3.8, 4) is 0 Å². The van der Waals surface area contributed by atoms with Gasteiger partial charge in [-0.1, -0.05) is 0 Å². The minimum Gasteiger partial charge on any atom is -0.324 e.